The number of hydrogen-bond donors (Lipinski definition) is 1. The molecule has 0 atom stereocenters. The van der Waals surface area contributed by atoms with Crippen molar-refractivity contribution in [1.82, 2.24) is 15.1 Å². The number of amides is 1. The lowest BCUT2D eigenvalue weighted by molar-refractivity contribution is -0.130. The van der Waals surface area contributed by atoms with Gasteiger partial charge in [0, 0.05) is 44.6 Å². The van der Waals surface area contributed by atoms with E-state index >= 15 is 0 Å². The molecule has 1 amide bonds. The van der Waals surface area contributed by atoms with E-state index in [9.17, 15) is 4.79 Å². The highest BCUT2D eigenvalue weighted by molar-refractivity contribution is 9.11. The maximum Gasteiger partial charge on any atom is 0.236 e. The molecule has 0 aromatic carbocycles. The first-order chi connectivity index (χ1) is 10.0. The number of nitrogens with one attached hydrogen (secondary N) is 1. The minimum absolute atomic E-state index is 0.199. The highest BCUT2D eigenvalue weighted by atomic mass is 79.9. The lowest BCUT2D eigenvalue weighted by atomic mass is 10.0. The number of piperidine rings is 1. The molecule has 1 fully saturated rings. The van der Waals surface area contributed by atoms with E-state index in [0.29, 0.717) is 12.6 Å². The molecule has 1 aliphatic heterocycles. The molecule has 1 saturated heterocycles. The highest BCUT2D eigenvalue weighted by Crippen LogP contribution is 2.22. The van der Waals surface area contributed by atoms with E-state index < -0.39 is 0 Å². The SMILES string of the molecule is CN(C)C(=O)CN1CCC(NCCc2ccc(Br)s2)CC1. The Morgan fingerprint density at radius 1 is 1.43 bits per heavy atom. The molecule has 21 heavy (non-hydrogen) atoms. The van der Waals surface area contributed by atoms with E-state index in [1.54, 1.807) is 4.90 Å². The summed E-state index contributed by atoms with van der Waals surface area (Å²) in [6.45, 7) is 3.63. The Balaban J connectivity index is 1.62. The number of likely N-dealkylation sites (tertiary alicyclic amines) is 1. The molecule has 0 aliphatic carbocycles. The fourth-order valence-corrected chi connectivity index (χ4v) is 4.00. The van der Waals surface area contributed by atoms with E-state index in [0.717, 1.165) is 38.9 Å². The van der Waals surface area contributed by atoms with Crippen molar-refractivity contribution in [2.75, 3.05) is 40.3 Å². The third kappa shape index (κ3) is 5.70. The van der Waals surface area contributed by atoms with Gasteiger partial charge in [-0.25, -0.2) is 0 Å². The van der Waals surface area contributed by atoms with Crippen molar-refractivity contribution in [3.8, 4) is 0 Å². The van der Waals surface area contributed by atoms with E-state index in [-0.39, 0.29) is 5.91 Å². The number of nitrogens with zero attached hydrogens (tertiary/aromatic N) is 2. The minimum Gasteiger partial charge on any atom is -0.348 e. The Bertz CT molecular complexity index is 456. The number of carbonyl (C=O) groups excluding carboxylic acids is 1. The van der Waals surface area contributed by atoms with Crippen LogP contribution < -0.4 is 5.32 Å². The monoisotopic (exact) mass is 373 g/mol. The van der Waals surface area contributed by atoms with Crippen LogP contribution in [-0.2, 0) is 11.2 Å². The van der Waals surface area contributed by atoms with E-state index in [4.69, 9.17) is 0 Å². The molecule has 4 nitrogen and oxygen atoms in total. The van der Waals surface area contributed by atoms with Crippen LogP contribution in [-0.4, -0.2) is 62.0 Å². The zero-order valence-electron chi connectivity index (χ0n) is 12.8. The van der Waals surface area contributed by atoms with Crippen LogP contribution in [0, 0.1) is 0 Å². The summed E-state index contributed by atoms with van der Waals surface area (Å²) >= 11 is 5.31. The molecule has 2 rings (SSSR count). The fourth-order valence-electron chi connectivity index (χ4n) is 2.51. The molecule has 1 aliphatic rings. The van der Waals surface area contributed by atoms with E-state index in [2.05, 4.69) is 38.3 Å². The van der Waals surface area contributed by atoms with Crippen LogP contribution in [0.5, 0.6) is 0 Å². The summed E-state index contributed by atoms with van der Waals surface area (Å²) in [5.74, 6) is 0.199. The average molecular weight is 374 g/mol. The van der Waals surface area contributed by atoms with Crippen molar-refractivity contribution in [2.45, 2.75) is 25.3 Å². The summed E-state index contributed by atoms with van der Waals surface area (Å²) in [7, 11) is 3.64. The van der Waals surface area contributed by atoms with Gasteiger partial charge in [-0.05, 0) is 47.3 Å². The van der Waals surface area contributed by atoms with Crippen LogP contribution in [0.2, 0.25) is 0 Å². The lowest BCUT2D eigenvalue weighted by Crippen LogP contribution is -2.46. The number of likely N-dealkylation sites (N-methyl/N-ethyl adjacent to an activating group) is 1. The van der Waals surface area contributed by atoms with Gasteiger partial charge in [-0.1, -0.05) is 0 Å². The first-order valence-corrected chi connectivity index (χ1v) is 9.05. The van der Waals surface area contributed by atoms with Gasteiger partial charge in [0.15, 0.2) is 0 Å². The molecule has 118 valence electrons. The van der Waals surface area contributed by atoms with Crippen molar-refractivity contribution < 1.29 is 4.79 Å². The third-order valence-corrected chi connectivity index (χ3v) is 5.56. The molecule has 6 heteroatoms. The molecule has 0 unspecified atom stereocenters. The summed E-state index contributed by atoms with van der Waals surface area (Å²) in [6, 6.07) is 4.89. The molecule has 1 aromatic heterocycles. The first kappa shape index (κ1) is 16.9. The quantitative estimate of drug-likeness (QED) is 0.829. The summed E-state index contributed by atoms with van der Waals surface area (Å²) in [5.41, 5.74) is 0. The standard InChI is InChI=1S/C15H24BrN3OS/c1-18(2)15(20)11-19-9-6-12(7-10-19)17-8-5-13-3-4-14(16)21-13/h3-4,12,17H,5-11H2,1-2H3. The van der Waals surface area contributed by atoms with Crippen LogP contribution >= 0.6 is 27.3 Å². The van der Waals surface area contributed by atoms with E-state index in [1.165, 1.54) is 8.66 Å². The molecule has 0 radical (unpaired) electrons. The number of carbonyl (C=O) groups is 1. The molecule has 2 heterocycles. The van der Waals surface area contributed by atoms with Gasteiger partial charge in [-0.15, -0.1) is 11.3 Å². The van der Waals surface area contributed by atoms with Gasteiger partial charge in [0.1, 0.15) is 0 Å². The van der Waals surface area contributed by atoms with Crippen molar-refractivity contribution in [2.24, 2.45) is 0 Å². The van der Waals surface area contributed by atoms with Crippen LogP contribution in [0.1, 0.15) is 17.7 Å². The van der Waals surface area contributed by atoms with Crippen molar-refractivity contribution in [3.05, 3.63) is 20.8 Å². The van der Waals surface area contributed by atoms with Crippen LogP contribution in [0.25, 0.3) is 0 Å². The van der Waals surface area contributed by atoms with Crippen LogP contribution in [0.15, 0.2) is 15.9 Å². The van der Waals surface area contributed by atoms with Gasteiger partial charge in [0.25, 0.3) is 0 Å². The van der Waals surface area contributed by atoms with Gasteiger partial charge in [-0.2, -0.15) is 0 Å². The number of hydrogen-bond acceptors (Lipinski definition) is 4. The second-order valence-corrected chi connectivity index (χ2v) is 8.30. The Morgan fingerprint density at radius 2 is 2.14 bits per heavy atom. The third-order valence-electron chi connectivity index (χ3n) is 3.88. The normalized spacial score (nSPS) is 17.1. The van der Waals surface area contributed by atoms with E-state index in [1.807, 2.05) is 25.4 Å². The van der Waals surface area contributed by atoms with Gasteiger partial charge in [0.2, 0.25) is 5.91 Å². The Morgan fingerprint density at radius 3 is 2.71 bits per heavy atom. The molecule has 1 N–H and O–H groups in total. The predicted octanol–water partition coefficient (Wildman–Crippen LogP) is 2.20. The van der Waals surface area contributed by atoms with Crippen LogP contribution in [0.4, 0.5) is 0 Å². The summed E-state index contributed by atoms with van der Waals surface area (Å²) in [6.07, 6.45) is 3.36. The zero-order chi connectivity index (χ0) is 15.2. The molecule has 0 spiro atoms. The van der Waals surface area contributed by atoms with Gasteiger partial charge >= 0.3 is 0 Å². The molecule has 1 aromatic rings. The Labute approximate surface area is 139 Å². The number of halogens is 1. The zero-order valence-corrected chi connectivity index (χ0v) is 15.2. The fraction of sp³-hybridized carbons (Fsp3) is 0.667. The number of thiophene rings is 1. The van der Waals surface area contributed by atoms with Gasteiger partial charge in [-0.3, -0.25) is 9.69 Å². The maximum absolute atomic E-state index is 11.7. The first-order valence-electron chi connectivity index (χ1n) is 7.44. The maximum atomic E-state index is 11.7. The topological polar surface area (TPSA) is 35.6 Å². The molecule has 0 bridgehead atoms. The highest BCUT2D eigenvalue weighted by Gasteiger charge is 2.20. The smallest absolute Gasteiger partial charge is 0.236 e. The largest absolute Gasteiger partial charge is 0.348 e. The second kappa shape index (κ2) is 8.27. The minimum atomic E-state index is 0.199. The average Bonchev–Trinajstić information content (AvgIpc) is 2.86. The van der Waals surface area contributed by atoms with Crippen molar-refractivity contribution >= 4 is 33.2 Å². The van der Waals surface area contributed by atoms with Gasteiger partial charge in [0.05, 0.1) is 10.3 Å². The van der Waals surface area contributed by atoms with Crippen LogP contribution in [0.3, 0.4) is 0 Å². The molecule has 0 saturated carbocycles. The molecular weight excluding hydrogens is 350 g/mol. The number of rotatable bonds is 6. The second-order valence-electron chi connectivity index (χ2n) is 5.75. The summed E-state index contributed by atoms with van der Waals surface area (Å²) in [5, 5.41) is 3.65. The Kier molecular flexibility index (Phi) is 6.67. The predicted molar refractivity (Wildman–Crippen MR) is 91.9 cm³/mol. The summed E-state index contributed by atoms with van der Waals surface area (Å²) < 4.78 is 1.20. The Hall–Kier alpha value is -0.430. The van der Waals surface area contributed by atoms with Crippen molar-refractivity contribution in [3.63, 3.8) is 0 Å². The van der Waals surface area contributed by atoms with Gasteiger partial charge < -0.3 is 10.2 Å². The lowest BCUT2D eigenvalue weighted by Gasteiger charge is -2.32. The summed E-state index contributed by atoms with van der Waals surface area (Å²) in [4.78, 5) is 17.0. The van der Waals surface area contributed by atoms with Crippen molar-refractivity contribution in [1.29, 1.82) is 0 Å². The molecular formula is C15H24BrN3OS.